The van der Waals surface area contributed by atoms with E-state index in [-0.39, 0.29) is 29.1 Å². The van der Waals surface area contributed by atoms with E-state index in [1.54, 1.807) is 6.92 Å². The third-order valence-electron chi connectivity index (χ3n) is 4.05. The van der Waals surface area contributed by atoms with Crippen molar-refractivity contribution in [3.8, 4) is 0 Å². The Morgan fingerprint density at radius 3 is 2.64 bits per heavy atom. The first-order valence-electron chi connectivity index (χ1n) is 8.38. The van der Waals surface area contributed by atoms with E-state index >= 15 is 0 Å². The van der Waals surface area contributed by atoms with Gasteiger partial charge in [-0.15, -0.1) is 6.58 Å². The van der Waals surface area contributed by atoms with Crippen molar-refractivity contribution in [2.45, 2.75) is 20.0 Å². The number of rotatable bonds is 6. The summed E-state index contributed by atoms with van der Waals surface area (Å²) < 4.78 is 9.98. The molecule has 1 aliphatic heterocycles. The predicted octanol–water partition coefficient (Wildman–Crippen LogP) is 1.95. The van der Waals surface area contributed by atoms with Gasteiger partial charge in [0.25, 0.3) is 17.7 Å². The Morgan fingerprint density at radius 2 is 2.00 bits per heavy atom. The minimum absolute atomic E-state index is 0.0530. The summed E-state index contributed by atoms with van der Waals surface area (Å²) in [5, 5.41) is 6.08. The second-order valence-electron chi connectivity index (χ2n) is 6.13. The van der Waals surface area contributed by atoms with Crippen LogP contribution in [0.15, 0.2) is 41.4 Å². The van der Waals surface area contributed by atoms with Crippen LogP contribution in [0, 0.1) is 6.92 Å². The standard InChI is InChI=1S/C19H17N3O6/c1-4-7-22-17(24)13-6-5-12(9-14(13)18(22)25)19(26)27-11(3)16(23)20-15-8-10(2)28-21-15/h4-6,8-9,11H,1,7H2,2-3H3,(H,20,21,23)/t11-/m1/s1. The normalized spacial score (nSPS) is 13.9. The lowest BCUT2D eigenvalue weighted by molar-refractivity contribution is -0.123. The lowest BCUT2D eigenvalue weighted by Crippen LogP contribution is -2.30. The molecular weight excluding hydrogens is 366 g/mol. The number of benzene rings is 1. The maximum Gasteiger partial charge on any atom is 0.338 e. The zero-order valence-electron chi connectivity index (χ0n) is 15.2. The van der Waals surface area contributed by atoms with Crippen LogP contribution in [0.1, 0.15) is 43.8 Å². The summed E-state index contributed by atoms with van der Waals surface area (Å²) in [6.07, 6.45) is 0.320. The Hall–Kier alpha value is -3.75. The van der Waals surface area contributed by atoms with Gasteiger partial charge in [-0.25, -0.2) is 4.79 Å². The summed E-state index contributed by atoms with van der Waals surface area (Å²) in [5.41, 5.74) is 0.365. The van der Waals surface area contributed by atoms with Crippen LogP contribution in [-0.2, 0) is 9.53 Å². The van der Waals surface area contributed by atoms with Crippen LogP contribution in [0.5, 0.6) is 0 Å². The fourth-order valence-electron chi connectivity index (χ4n) is 2.65. The molecule has 9 heteroatoms. The van der Waals surface area contributed by atoms with E-state index in [9.17, 15) is 19.2 Å². The number of anilines is 1. The van der Waals surface area contributed by atoms with Gasteiger partial charge in [-0.2, -0.15) is 0 Å². The number of carbonyl (C=O) groups is 4. The molecule has 9 nitrogen and oxygen atoms in total. The Kier molecular flexibility index (Phi) is 5.08. The molecule has 28 heavy (non-hydrogen) atoms. The molecule has 1 aliphatic rings. The number of aryl methyl sites for hydroxylation is 1. The second-order valence-corrected chi connectivity index (χ2v) is 6.13. The minimum atomic E-state index is -1.12. The molecule has 144 valence electrons. The molecule has 1 N–H and O–H groups in total. The van der Waals surface area contributed by atoms with Crippen LogP contribution in [0.3, 0.4) is 0 Å². The molecule has 0 saturated carbocycles. The second kappa shape index (κ2) is 7.47. The Morgan fingerprint density at radius 1 is 1.29 bits per heavy atom. The summed E-state index contributed by atoms with van der Waals surface area (Å²) in [5.74, 6) is -1.63. The lowest BCUT2D eigenvalue weighted by atomic mass is 10.1. The van der Waals surface area contributed by atoms with Crippen molar-refractivity contribution in [3.63, 3.8) is 0 Å². The molecular formula is C19H17N3O6. The van der Waals surface area contributed by atoms with Crippen molar-refractivity contribution in [2.24, 2.45) is 0 Å². The summed E-state index contributed by atoms with van der Waals surface area (Å²) >= 11 is 0. The predicted molar refractivity (Wildman–Crippen MR) is 96.8 cm³/mol. The van der Waals surface area contributed by atoms with Crippen molar-refractivity contribution >= 4 is 29.5 Å². The van der Waals surface area contributed by atoms with E-state index < -0.39 is 29.8 Å². The Bertz CT molecular complexity index is 993. The van der Waals surface area contributed by atoms with Gasteiger partial charge in [-0.1, -0.05) is 11.2 Å². The summed E-state index contributed by atoms with van der Waals surface area (Å²) in [6, 6.07) is 5.56. The molecule has 0 unspecified atom stereocenters. The average molecular weight is 383 g/mol. The molecule has 1 aromatic carbocycles. The topological polar surface area (TPSA) is 119 Å². The quantitative estimate of drug-likeness (QED) is 0.460. The van der Waals surface area contributed by atoms with Crippen molar-refractivity contribution in [1.29, 1.82) is 0 Å². The van der Waals surface area contributed by atoms with Gasteiger partial charge >= 0.3 is 5.97 Å². The smallest absolute Gasteiger partial charge is 0.338 e. The molecule has 0 fully saturated rings. The number of ether oxygens (including phenoxy) is 1. The highest BCUT2D eigenvalue weighted by molar-refractivity contribution is 6.22. The van der Waals surface area contributed by atoms with Gasteiger partial charge in [0.2, 0.25) is 0 Å². The zero-order chi connectivity index (χ0) is 20.4. The minimum Gasteiger partial charge on any atom is -0.449 e. The van der Waals surface area contributed by atoms with E-state index in [2.05, 4.69) is 17.1 Å². The third-order valence-corrected chi connectivity index (χ3v) is 4.05. The highest BCUT2D eigenvalue weighted by Crippen LogP contribution is 2.24. The molecule has 0 radical (unpaired) electrons. The number of esters is 1. The van der Waals surface area contributed by atoms with Crippen molar-refractivity contribution in [1.82, 2.24) is 10.1 Å². The van der Waals surface area contributed by atoms with Crippen LogP contribution in [-0.4, -0.2) is 46.4 Å². The molecule has 0 saturated heterocycles. The fourth-order valence-corrected chi connectivity index (χ4v) is 2.65. The Labute approximate surface area is 159 Å². The monoisotopic (exact) mass is 383 g/mol. The van der Waals surface area contributed by atoms with E-state index in [4.69, 9.17) is 9.26 Å². The third kappa shape index (κ3) is 3.54. The van der Waals surface area contributed by atoms with E-state index in [0.29, 0.717) is 5.76 Å². The van der Waals surface area contributed by atoms with Crippen molar-refractivity contribution in [3.05, 3.63) is 59.4 Å². The van der Waals surface area contributed by atoms with Crippen LogP contribution in [0.2, 0.25) is 0 Å². The van der Waals surface area contributed by atoms with E-state index in [0.717, 1.165) is 4.90 Å². The molecule has 2 aromatic rings. The summed E-state index contributed by atoms with van der Waals surface area (Å²) in [7, 11) is 0. The van der Waals surface area contributed by atoms with Gasteiger partial charge in [-0.05, 0) is 32.0 Å². The molecule has 2 heterocycles. The molecule has 0 spiro atoms. The van der Waals surface area contributed by atoms with E-state index in [1.807, 2.05) is 0 Å². The number of nitrogens with one attached hydrogen (secondary N) is 1. The van der Waals surface area contributed by atoms with Gasteiger partial charge in [0.05, 0.1) is 16.7 Å². The van der Waals surface area contributed by atoms with Crippen LogP contribution in [0.25, 0.3) is 0 Å². The van der Waals surface area contributed by atoms with Crippen LogP contribution >= 0.6 is 0 Å². The average Bonchev–Trinajstić information content (AvgIpc) is 3.18. The van der Waals surface area contributed by atoms with Gasteiger partial charge in [0, 0.05) is 12.6 Å². The van der Waals surface area contributed by atoms with Crippen molar-refractivity contribution < 1.29 is 28.4 Å². The van der Waals surface area contributed by atoms with Crippen LogP contribution in [0.4, 0.5) is 5.82 Å². The molecule has 3 amide bonds. The number of fused-ring (bicyclic) bond motifs is 1. The maximum absolute atomic E-state index is 12.3. The number of carbonyl (C=O) groups excluding carboxylic acids is 4. The fraction of sp³-hybridized carbons (Fsp3) is 0.211. The zero-order valence-corrected chi connectivity index (χ0v) is 15.2. The molecule has 0 bridgehead atoms. The molecule has 3 rings (SSSR count). The molecule has 0 aliphatic carbocycles. The first kappa shape index (κ1) is 19.0. The number of amides is 3. The number of hydrogen-bond donors (Lipinski definition) is 1. The van der Waals surface area contributed by atoms with Gasteiger partial charge in [0.1, 0.15) is 5.76 Å². The highest BCUT2D eigenvalue weighted by atomic mass is 16.5. The molecule has 1 aromatic heterocycles. The first-order chi connectivity index (χ1) is 13.3. The van der Waals surface area contributed by atoms with Crippen molar-refractivity contribution in [2.75, 3.05) is 11.9 Å². The van der Waals surface area contributed by atoms with E-state index in [1.165, 1.54) is 37.3 Å². The Balaban J connectivity index is 1.70. The largest absolute Gasteiger partial charge is 0.449 e. The van der Waals surface area contributed by atoms with Gasteiger partial charge in [-0.3, -0.25) is 19.3 Å². The van der Waals surface area contributed by atoms with Gasteiger partial charge < -0.3 is 14.6 Å². The summed E-state index contributed by atoms with van der Waals surface area (Å²) in [6.45, 7) is 6.65. The first-order valence-corrected chi connectivity index (χ1v) is 8.38. The number of aromatic nitrogens is 1. The number of imide groups is 1. The molecule has 1 atom stereocenters. The lowest BCUT2D eigenvalue weighted by Gasteiger charge is -2.12. The maximum atomic E-state index is 12.3. The number of hydrogen-bond acceptors (Lipinski definition) is 7. The highest BCUT2D eigenvalue weighted by Gasteiger charge is 2.35. The SMILES string of the molecule is C=CCN1C(=O)c2ccc(C(=O)O[C@H](C)C(=O)Nc3cc(C)on3)cc2C1=O. The number of nitrogens with zero attached hydrogens (tertiary/aromatic N) is 2. The van der Waals surface area contributed by atoms with Gasteiger partial charge in [0.15, 0.2) is 11.9 Å². The summed E-state index contributed by atoms with van der Waals surface area (Å²) in [4.78, 5) is 50.0. The van der Waals surface area contributed by atoms with Crippen LogP contribution < -0.4 is 5.32 Å².